The molecule has 1 aromatic heterocycles. The van der Waals surface area contributed by atoms with Gasteiger partial charge in [0.05, 0.1) is 6.54 Å². The van der Waals surface area contributed by atoms with Crippen LogP contribution in [0.2, 0.25) is 0 Å². The molecule has 0 bridgehead atoms. The van der Waals surface area contributed by atoms with Crippen LogP contribution in [0.5, 0.6) is 0 Å². The predicted molar refractivity (Wildman–Crippen MR) is 85.5 cm³/mol. The molecule has 0 N–H and O–H groups in total. The number of hydrogen-bond acceptors (Lipinski definition) is 3. The molecule has 0 radical (unpaired) electrons. The van der Waals surface area contributed by atoms with Crippen molar-refractivity contribution in [1.29, 1.82) is 0 Å². The number of benzene rings is 1. The number of anilines is 1. The Labute approximate surface area is 121 Å². The molecule has 3 heteroatoms. The minimum absolute atomic E-state index is 0.672. The summed E-state index contributed by atoms with van der Waals surface area (Å²) in [6, 6.07) is 12.5. The lowest BCUT2D eigenvalue weighted by Crippen LogP contribution is -2.21. The minimum Gasteiger partial charge on any atom is -0.372 e. The van der Waals surface area contributed by atoms with Crippen LogP contribution in [0, 0.1) is 0 Å². The van der Waals surface area contributed by atoms with Gasteiger partial charge in [0, 0.05) is 37.4 Å². The molecule has 2 aromatic rings. The fourth-order valence-electron chi connectivity index (χ4n) is 2.11. The molecule has 1 aromatic carbocycles. The van der Waals surface area contributed by atoms with Crippen molar-refractivity contribution in [3.8, 4) is 0 Å². The second kappa shape index (κ2) is 7.43. The van der Waals surface area contributed by atoms with E-state index < -0.39 is 0 Å². The quantitative estimate of drug-likeness (QED) is 0.749. The highest BCUT2D eigenvalue weighted by Gasteiger charge is 2.00. The summed E-state index contributed by atoms with van der Waals surface area (Å²) in [6.07, 6.45) is 5.54. The smallest absolute Gasteiger partial charge is 0.0654 e. The Morgan fingerprint density at radius 2 is 1.85 bits per heavy atom. The zero-order valence-corrected chi connectivity index (χ0v) is 12.2. The van der Waals surface area contributed by atoms with Gasteiger partial charge in [0.2, 0.25) is 0 Å². The van der Waals surface area contributed by atoms with Crippen LogP contribution in [0.3, 0.4) is 0 Å². The van der Waals surface area contributed by atoms with Crippen molar-refractivity contribution in [2.75, 3.05) is 18.0 Å². The average Bonchev–Trinajstić information content (AvgIpc) is 2.51. The lowest BCUT2D eigenvalue weighted by atomic mass is 10.2. The standard InChI is InChI=1S/C17H21N3/c1-3-20(4-2)17-9-7-15(8-10-17)12-19-14-16-6-5-11-18-13-16/h5-13H,3-4,14H2,1-2H3. The summed E-state index contributed by atoms with van der Waals surface area (Å²) in [4.78, 5) is 10.9. The third kappa shape index (κ3) is 3.92. The van der Waals surface area contributed by atoms with Gasteiger partial charge in [-0.3, -0.25) is 9.98 Å². The van der Waals surface area contributed by atoms with Gasteiger partial charge in [-0.05, 0) is 43.2 Å². The van der Waals surface area contributed by atoms with E-state index >= 15 is 0 Å². The Balaban J connectivity index is 1.97. The van der Waals surface area contributed by atoms with E-state index in [0.717, 1.165) is 24.2 Å². The topological polar surface area (TPSA) is 28.5 Å². The largest absolute Gasteiger partial charge is 0.372 e. The summed E-state index contributed by atoms with van der Waals surface area (Å²) >= 11 is 0. The molecular formula is C17H21N3. The van der Waals surface area contributed by atoms with Crippen molar-refractivity contribution in [3.63, 3.8) is 0 Å². The summed E-state index contributed by atoms with van der Waals surface area (Å²) in [5.74, 6) is 0. The first-order chi connectivity index (χ1) is 9.83. The van der Waals surface area contributed by atoms with Crippen LogP contribution in [-0.2, 0) is 6.54 Å². The van der Waals surface area contributed by atoms with Crippen LogP contribution in [0.15, 0.2) is 53.8 Å². The summed E-state index contributed by atoms with van der Waals surface area (Å²) in [5, 5.41) is 0. The van der Waals surface area contributed by atoms with Crippen molar-refractivity contribution in [2.24, 2.45) is 4.99 Å². The van der Waals surface area contributed by atoms with Gasteiger partial charge in [-0.2, -0.15) is 0 Å². The zero-order valence-electron chi connectivity index (χ0n) is 12.2. The van der Waals surface area contributed by atoms with Crippen LogP contribution < -0.4 is 4.90 Å². The maximum Gasteiger partial charge on any atom is 0.0654 e. The monoisotopic (exact) mass is 267 g/mol. The SMILES string of the molecule is CCN(CC)c1ccc(C=NCc2cccnc2)cc1. The highest BCUT2D eigenvalue weighted by Crippen LogP contribution is 2.14. The summed E-state index contributed by atoms with van der Waals surface area (Å²) in [6.45, 7) is 7.08. The Hall–Kier alpha value is -2.16. The second-order valence-corrected chi connectivity index (χ2v) is 4.59. The maximum absolute atomic E-state index is 4.45. The van der Waals surface area contributed by atoms with Crippen LogP contribution in [0.25, 0.3) is 0 Å². The molecule has 2 rings (SSSR count). The van der Waals surface area contributed by atoms with Crippen LogP contribution in [0.1, 0.15) is 25.0 Å². The lowest BCUT2D eigenvalue weighted by molar-refractivity contribution is 0.866. The first-order valence-corrected chi connectivity index (χ1v) is 7.07. The van der Waals surface area contributed by atoms with Gasteiger partial charge in [-0.1, -0.05) is 18.2 Å². The van der Waals surface area contributed by atoms with Gasteiger partial charge in [0.15, 0.2) is 0 Å². The minimum atomic E-state index is 0.672. The number of nitrogens with zero attached hydrogens (tertiary/aromatic N) is 3. The Morgan fingerprint density at radius 1 is 1.10 bits per heavy atom. The first kappa shape index (κ1) is 14.3. The molecule has 0 fully saturated rings. The third-order valence-corrected chi connectivity index (χ3v) is 3.26. The van der Waals surface area contributed by atoms with E-state index in [4.69, 9.17) is 0 Å². The average molecular weight is 267 g/mol. The summed E-state index contributed by atoms with van der Waals surface area (Å²) < 4.78 is 0. The van der Waals surface area contributed by atoms with E-state index in [2.05, 4.69) is 53.0 Å². The maximum atomic E-state index is 4.45. The highest BCUT2D eigenvalue weighted by atomic mass is 15.1. The van der Waals surface area contributed by atoms with E-state index in [-0.39, 0.29) is 0 Å². The van der Waals surface area contributed by atoms with Crippen LogP contribution >= 0.6 is 0 Å². The summed E-state index contributed by atoms with van der Waals surface area (Å²) in [7, 11) is 0. The first-order valence-electron chi connectivity index (χ1n) is 7.07. The molecular weight excluding hydrogens is 246 g/mol. The fourth-order valence-corrected chi connectivity index (χ4v) is 2.11. The molecule has 3 nitrogen and oxygen atoms in total. The van der Waals surface area contributed by atoms with Gasteiger partial charge in [-0.25, -0.2) is 0 Å². The van der Waals surface area contributed by atoms with Crippen molar-refractivity contribution < 1.29 is 0 Å². The fraction of sp³-hybridized carbons (Fsp3) is 0.294. The molecule has 1 heterocycles. The van der Waals surface area contributed by atoms with Crippen molar-refractivity contribution in [2.45, 2.75) is 20.4 Å². The van der Waals surface area contributed by atoms with Crippen molar-refractivity contribution >= 4 is 11.9 Å². The Kier molecular flexibility index (Phi) is 5.30. The van der Waals surface area contributed by atoms with Crippen LogP contribution in [0.4, 0.5) is 5.69 Å². The molecule has 0 amide bonds. The summed E-state index contributed by atoms with van der Waals surface area (Å²) in [5.41, 5.74) is 3.52. The molecule has 20 heavy (non-hydrogen) atoms. The predicted octanol–water partition coefficient (Wildman–Crippen LogP) is 3.55. The van der Waals surface area contributed by atoms with Gasteiger partial charge in [0.25, 0.3) is 0 Å². The molecule has 0 aliphatic rings. The van der Waals surface area contributed by atoms with E-state index in [1.54, 1.807) is 6.20 Å². The molecule has 0 atom stereocenters. The number of aromatic nitrogens is 1. The normalized spacial score (nSPS) is 10.9. The second-order valence-electron chi connectivity index (χ2n) is 4.59. The van der Waals surface area contributed by atoms with Crippen molar-refractivity contribution in [3.05, 3.63) is 59.9 Å². The highest BCUT2D eigenvalue weighted by molar-refractivity contribution is 5.80. The van der Waals surface area contributed by atoms with E-state index in [1.807, 2.05) is 24.5 Å². The van der Waals surface area contributed by atoms with Gasteiger partial charge in [0.1, 0.15) is 0 Å². The van der Waals surface area contributed by atoms with E-state index in [9.17, 15) is 0 Å². The van der Waals surface area contributed by atoms with E-state index in [0.29, 0.717) is 6.54 Å². The van der Waals surface area contributed by atoms with E-state index in [1.165, 1.54) is 5.69 Å². The zero-order chi connectivity index (χ0) is 14.2. The molecule has 0 spiro atoms. The third-order valence-electron chi connectivity index (χ3n) is 3.26. The molecule has 104 valence electrons. The number of pyridine rings is 1. The Bertz CT molecular complexity index is 528. The van der Waals surface area contributed by atoms with Gasteiger partial charge < -0.3 is 4.90 Å². The lowest BCUT2D eigenvalue weighted by Gasteiger charge is -2.20. The molecule has 0 aliphatic carbocycles. The Morgan fingerprint density at radius 3 is 2.45 bits per heavy atom. The number of rotatable bonds is 6. The van der Waals surface area contributed by atoms with Gasteiger partial charge in [-0.15, -0.1) is 0 Å². The molecule has 0 saturated heterocycles. The molecule has 0 unspecified atom stereocenters. The number of hydrogen-bond donors (Lipinski definition) is 0. The number of aliphatic imine (C=N–C) groups is 1. The van der Waals surface area contributed by atoms with Crippen LogP contribution in [-0.4, -0.2) is 24.3 Å². The van der Waals surface area contributed by atoms with Crippen molar-refractivity contribution in [1.82, 2.24) is 4.98 Å². The molecule has 0 aliphatic heterocycles. The van der Waals surface area contributed by atoms with Gasteiger partial charge >= 0.3 is 0 Å². The molecule has 0 saturated carbocycles.